The highest BCUT2D eigenvalue weighted by atomic mass is 31.1. The summed E-state index contributed by atoms with van der Waals surface area (Å²) in [5.74, 6) is 0. The number of hydrogen-bond acceptors (Lipinski definition) is 3. The molecule has 0 fully saturated rings. The third kappa shape index (κ3) is 1.89. The SMILES string of the molecule is CC(O)C(C)(C)[PH](=O)N=O. The molecule has 0 bridgehead atoms. The van der Waals surface area contributed by atoms with E-state index in [1.807, 2.05) is 0 Å². The Morgan fingerprint density at radius 1 is 1.60 bits per heavy atom. The second-order valence-corrected chi connectivity index (χ2v) is 4.88. The van der Waals surface area contributed by atoms with Crippen molar-refractivity contribution in [3.8, 4) is 0 Å². The standard InChI is InChI=1S/C5H12NO3P/c1-4(7)5(2,3)10(9)6-8/h4,7,10H,1-3H3. The second kappa shape index (κ2) is 3.26. The number of aliphatic hydroxyl groups is 1. The minimum absolute atomic E-state index is 0.767. The normalized spacial score (nSPS) is 18.0. The Morgan fingerprint density at radius 3 is 2.10 bits per heavy atom. The molecule has 60 valence electrons. The molecule has 0 aromatic carbocycles. The maximum Gasteiger partial charge on any atom is 0.229 e. The molecule has 0 aliphatic carbocycles. The number of rotatable bonds is 3. The Balaban J connectivity index is 4.39. The van der Waals surface area contributed by atoms with E-state index >= 15 is 0 Å². The first-order valence-electron chi connectivity index (χ1n) is 2.98. The highest BCUT2D eigenvalue weighted by Gasteiger charge is 2.31. The van der Waals surface area contributed by atoms with E-state index in [-0.39, 0.29) is 0 Å². The second-order valence-electron chi connectivity index (χ2n) is 2.79. The molecule has 0 heterocycles. The molecular formula is C5H12NO3P. The minimum atomic E-state index is -2.54. The van der Waals surface area contributed by atoms with E-state index in [1.54, 1.807) is 13.8 Å². The lowest BCUT2D eigenvalue weighted by molar-refractivity contribution is 0.157. The Kier molecular flexibility index (Phi) is 3.19. The molecule has 10 heavy (non-hydrogen) atoms. The van der Waals surface area contributed by atoms with Crippen LogP contribution in [0.5, 0.6) is 0 Å². The van der Waals surface area contributed by atoms with Gasteiger partial charge >= 0.3 is 0 Å². The van der Waals surface area contributed by atoms with Gasteiger partial charge in [0.25, 0.3) is 0 Å². The van der Waals surface area contributed by atoms with Gasteiger partial charge in [-0.15, -0.1) is 4.91 Å². The van der Waals surface area contributed by atoms with Gasteiger partial charge in [0, 0.05) is 0 Å². The van der Waals surface area contributed by atoms with Crippen LogP contribution in [0.4, 0.5) is 0 Å². The van der Waals surface area contributed by atoms with Crippen LogP contribution in [-0.2, 0) is 4.57 Å². The van der Waals surface area contributed by atoms with E-state index in [1.165, 1.54) is 6.92 Å². The first kappa shape index (κ1) is 9.79. The van der Waals surface area contributed by atoms with Gasteiger partial charge in [0.05, 0.1) is 11.3 Å². The predicted molar refractivity (Wildman–Crippen MR) is 40.6 cm³/mol. The molecule has 2 atom stereocenters. The topological polar surface area (TPSA) is 66.7 Å². The molecule has 0 saturated heterocycles. The third-order valence-corrected chi connectivity index (χ3v) is 3.36. The summed E-state index contributed by atoms with van der Waals surface area (Å²) < 4.78 is 10.8. The van der Waals surface area contributed by atoms with E-state index < -0.39 is 19.2 Å². The third-order valence-electron chi connectivity index (χ3n) is 1.68. The van der Waals surface area contributed by atoms with Crippen molar-refractivity contribution in [3.63, 3.8) is 0 Å². The van der Waals surface area contributed by atoms with Crippen LogP contribution in [-0.4, -0.2) is 16.4 Å². The maximum absolute atomic E-state index is 10.8. The smallest absolute Gasteiger partial charge is 0.229 e. The molecular weight excluding hydrogens is 153 g/mol. The summed E-state index contributed by atoms with van der Waals surface area (Å²) in [6, 6.07) is 0. The van der Waals surface area contributed by atoms with Crippen molar-refractivity contribution in [1.82, 2.24) is 0 Å². The van der Waals surface area contributed by atoms with Crippen molar-refractivity contribution in [2.24, 2.45) is 4.95 Å². The van der Waals surface area contributed by atoms with Crippen LogP contribution in [0.3, 0.4) is 0 Å². The molecule has 0 spiro atoms. The summed E-state index contributed by atoms with van der Waals surface area (Å²) in [6.07, 6.45) is -0.767. The van der Waals surface area contributed by atoms with Gasteiger partial charge in [0.15, 0.2) is 0 Å². The zero-order valence-electron chi connectivity index (χ0n) is 6.29. The summed E-state index contributed by atoms with van der Waals surface area (Å²) in [5.41, 5.74) is 0. The van der Waals surface area contributed by atoms with Gasteiger partial charge in [-0.05, 0) is 25.7 Å². The molecule has 0 aliphatic heterocycles. The van der Waals surface area contributed by atoms with Crippen molar-refractivity contribution >= 4 is 7.95 Å². The lowest BCUT2D eigenvalue weighted by Gasteiger charge is -2.22. The van der Waals surface area contributed by atoms with Crippen molar-refractivity contribution in [1.29, 1.82) is 0 Å². The lowest BCUT2D eigenvalue weighted by atomic mass is 10.1. The van der Waals surface area contributed by atoms with Gasteiger partial charge in [-0.25, -0.2) is 0 Å². The highest BCUT2D eigenvalue weighted by molar-refractivity contribution is 7.44. The van der Waals surface area contributed by atoms with Crippen LogP contribution in [0, 0.1) is 4.91 Å². The van der Waals surface area contributed by atoms with Crippen LogP contribution in [0.25, 0.3) is 0 Å². The summed E-state index contributed by atoms with van der Waals surface area (Å²) >= 11 is 0. The molecule has 0 aliphatic rings. The molecule has 1 N–H and O–H groups in total. The Hall–Kier alpha value is -0.210. The largest absolute Gasteiger partial charge is 0.392 e. The summed E-state index contributed by atoms with van der Waals surface area (Å²) in [4.78, 5) is 12.2. The highest BCUT2D eigenvalue weighted by Crippen LogP contribution is 2.41. The molecule has 0 radical (unpaired) electrons. The van der Waals surface area contributed by atoms with Crippen molar-refractivity contribution in [3.05, 3.63) is 4.91 Å². The molecule has 4 nitrogen and oxygen atoms in total. The number of aliphatic hydroxyl groups excluding tert-OH is 1. The van der Waals surface area contributed by atoms with E-state index in [9.17, 15) is 9.47 Å². The van der Waals surface area contributed by atoms with Crippen molar-refractivity contribution in [2.45, 2.75) is 32.0 Å². The van der Waals surface area contributed by atoms with Crippen LogP contribution < -0.4 is 0 Å². The molecule has 0 amide bonds. The molecule has 0 rings (SSSR count). The summed E-state index contributed by atoms with van der Waals surface area (Å²) in [6.45, 7) is 4.61. The van der Waals surface area contributed by atoms with Gasteiger partial charge < -0.3 is 5.11 Å². The van der Waals surface area contributed by atoms with Crippen LogP contribution >= 0.6 is 7.95 Å². The first-order chi connectivity index (χ1) is 4.42. The van der Waals surface area contributed by atoms with Gasteiger partial charge in [-0.1, -0.05) is 0 Å². The van der Waals surface area contributed by atoms with Crippen molar-refractivity contribution in [2.75, 3.05) is 0 Å². The molecule has 0 saturated carbocycles. The van der Waals surface area contributed by atoms with E-state index in [0.29, 0.717) is 0 Å². The monoisotopic (exact) mass is 165 g/mol. The molecule has 2 unspecified atom stereocenters. The number of nitrogens with zero attached hydrogens (tertiary/aromatic N) is 1. The number of nitroso groups, excluding NO2 is 1. The lowest BCUT2D eigenvalue weighted by Crippen LogP contribution is -2.29. The van der Waals surface area contributed by atoms with Crippen LogP contribution in [0.15, 0.2) is 4.95 Å². The van der Waals surface area contributed by atoms with Crippen molar-refractivity contribution < 1.29 is 9.67 Å². The molecule has 5 heteroatoms. The predicted octanol–water partition coefficient (Wildman–Crippen LogP) is 1.39. The van der Waals surface area contributed by atoms with Gasteiger partial charge in [0.2, 0.25) is 7.95 Å². The minimum Gasteiger partial charge on any atom is -0.392 e. The average Bonchev–Trinajstić information content (AvgIpc) is 1.86. The quantitative estimate of drug-likeness (QED) is 0.507. The first-order valence-corrected chi connectivity index (χ1v) is 4.34. The van der Waals surface area contributed by atoms with E-state index in [4.69, 9.17) is 5.11 Å². The summed E-state index contributed by atoms with van der Waals surface area (Å²) in [7, 11) is -2.54. The Labute approximate surface area is 60.4 Å². The zero-order valence-corrected chi connectivity index (χ0v) is 7.29. The fourth-order valence-electron chi connectivity index (χ4n) is 0.296. The van der Waals surface area contributed by atoms with Gasteiger partial charge in [-0.3, -0.25) is 4.57 Å². The van der Waals surface area contributed by atoms with Crippen LogP contribution in [0.1, 0.15) is 20.8 Å². The molecule has 0 aromatic rings. The van der Waals surface area contributed by atoms with Gasteiger partial charge in [0.1, 0.15) is 0 Å². The average molecular weight is 165 g/mol. The fraction of sp³-hybridized carbons (Fsp3) is 1.00. The maximum atomic E-state index is 10.8. The summed E-state index contributed by atoms with van der Waals surface area (Å²) in [5, 5.41) is 8.14. The Bertz CT molecular complexity index is 155. The Morgan fingerprint density at radius 2 is 2.00 bits per heavy atom. The van der Waals surface area contributed by atoms with E-state index in [2.05, 4.69) is 4.95 Å². The fourth-order valence-corrected chi connectivity index (χ4v) is 0.889. The van der Waals surface area contributed by atoms with Crippen LogP contribution in [0.2, 0.25) is 0 Å². The van der Waals surface area contributed by atoms with E-state index in [0.717, 1.165) is 0 Å². The number of hydrogen-bond donors (Lipinski definition) is 1. The zero-order chi connectivity index (χ0) is 8.36. The molecule has 0 aromatic heterocycles. The van der Waals surface area contributed by atoms with Gasteiger partial charge in [-0.2, -0.15) is 0 Å².